The summed E-state index contributed by atoms with van der Waals surface area (Å²) in [4.78, 5) is 16.5. The third-order valence-electron chi connectivity index (χ3n) is 4.36. The number of aromatic nitrogens is 1. The number of benzene rings is 2. The molecular weight excluding hydrogens is 401 g/mol. The molecule has 0 aliphatic carbocycles. The summed E-state index contributed by atoms with van der Waals surface area (Å²) in [6.45, 7) is 1.78. The van der Waals surface area contributed by atoms with Crippen LogP contribution in [0.2, 0.25) is 0 Å². The molecule has 0 radical (unpaired) electrons. The van der Waals surface area contributed by atoms with Crippen molar-refractivity contribution >= 4 is 28.2 Å². The number of anilines is 2. The number of nitrogens with zero attached hydrogens (tertiary/aromatic N) is 1. The van der Waals surface area contributed by atoms with Crippen LogP contribution in [0.1, 0.15) is 22.8 Å². The number of ether oxygens (including phenoxy) is 3. The Hall–Kier alpha value is -3.49. The summed E-state index contributed by atoms with van der Waals surface area (Å²) in [5.74, 6) is 0.312. The van der Waals surface area contributed by atoms with Crippen molar-refractivity contribution in [1.29, 1.82) is 0 Å². The topological polar surface area (TPSA) is 69.7 Å². The molecule has 0 aliphatic rings. The van der Waals surface area contributed by atoms with E-state index in [0.29, 0.717) is 22.6 Å². The van der Waals surface area contributed by atoms with Crippen LogP contribution in [-0.4, -0.2) is 31.8 Å². The number of alkyl halides is 3. The Bertz CT molecular complexity index is 1080. The molecule has 3 rings (SSSR count). The van der Waals surface area contributed by atoms with E-state index in [-0.39, 0.29) is 23.4 Å². The quantitative estimate of drug-likeness (QED) is 0.554. The van der Waals surface area contributed by atoms with E-state index in [4.69, 9.17) is 14.2 Å². The minimum atomic E-state index is -4.51. The van der Waals surface area contributed by atoms with Gasteiger partial charge in [-0.05, 0) is 31.2 Å². The van der Waals surface area contributed by atoms with E-state index in [2.05, 4.69) is 10.3 Å². The van der Waals surface area contributed by atoms with Crippen LogP contribution in [0.5, 0.6) is 11.5 Å². The Kier molecular flexibility index (Phi) is 6.00. The Labute approximate surface area is 170 Å². The Morgan fingerprint density at radius 3 is 2.50 bits per heavy atom. The fraction of sp³-hybridized carbons (Fsp3) is 0.238. The molecule has 0 atom stereocenters. The van der Waals surface area contributed by atoms with E-state index < -0.39 is 17.7 Å². The number of pyridine rings is 1. The molecule has 2 aromatic carbocycles. The molecule has 158 valence electrons. The highest BCUT2D eigenvalue weighted by atomic mass is 19.4. The van der Waals surface area contributed by atoms with Gasteiger partial charge in [0.15, 0.2) is 0 Å². The zero-order chi connectivity index (χ0) is 21.9. The lowest BCUT2D eigenvalue weighted by Gasteiger charge is -2.17. The van der Waals surface area contributed by atoms with Crippen molar-refractivity contribution in [3.63, 3.8) is 0 Å². The standard InChI is InChI=1S/C21H19F3N2O4/c1-4-30-20(27)15-11-25-16-9-12(21(22,23)24)5-7-14(16)19(15)26-17-10-13(28-2)6-8-18(17)29-3/h5-11H,4H2,1-3H3,(H,25,26). The fourth-order valence-corrected chi connectivity index (χ4v) is 2.91. The third kappa shape index (κ3) is 4.24. The van der Waals surface area contributed by atoms with Gasteiger partial charge in [-0.25, -0.2) is 4.79 Å². The zero-order valence-corrected chi connectivity index (χ0v) is 16.5. The maximum absolute atomic E-state index is 13.1. The minimum Gasteiger partial charge on any atom is -0.497 e. The summed E-state index contributed by atoms with van der Waals surface area (Å²) in [5.41, 5.74) is 0.0148. The van der Waals surface area contributed by atoms with Crippen LogP contribution in [0.3, 0.4) is 0 Å². The second-order valence-electron chi connectivity index (χ2n) is 6.19. The number of carbonyl (C=O) groups is 1. The molecule has 30 heavy (non-hydrogen) atoms. The molecule has 9 heteroatoms. The second kappa shape index (κ2) is 8.48. The molecule has 0 bridgehead atoms. The van der Waals surface area contributed by atoms with Crippen molar-refractivity contribution in [3.05, 3.63) is 53.7 Å². The highest BCUT2D eigenvalue weighted by Crippen LogP contribution is 2.37. The minimum absolute atomic E-state index is 0.0715. The molecule has 0 saturated carbocycles. The molecule has 0 fully saturated rings. The van der Waals surface area contributed by atoms with Gasteiger partial charge in [-0.3, -0.25) is 4.98 Å². The molecule has 0 amide bonds. The van der Waals surface area contributed by atoms with Gasteiger partial charge in [0.1, 0.15) is 17.1 Å². The van der Waals surface area contributed by atoms with Crippen molar-refractivity contribution in [2.24, 2.45) is 0 Å². The molecule has 0 unspecified atom stereocenters. The Morgan fingerprint density at radius 1 is 1.10 bits per heavy atom. The number of hydrogen-bond donors (Lipinski definition) is 1. The highest BCUT2D eigenvalue weighted by molar-refractivity contribution is 6.06. The lowest BCUT2D eigenvalue weighted by molar-refractivity contribution is -0.137. The molecule has 0 saturated heterocycles. The van der Waals surface area contributed by atoms with Crippen LogP contribution in [-0.2, 0) is 10.9 Å². The van der Waals surface area contributed by atoms with Crippen LogP contribution in [0, 0.1) is 0 Å². The number of hydrogen-bond acceptors (Lipinski definition) is 6. The Morgan fingerprint density at radius 2 is 1.87 bits per heavy atom. The Balaban J connectivity index is 2.21. The molecule has 3 aromatic rings. The zero-order valence-electron chi connectivity index (χ0n) is 16.5. The number of rotatable bonds is 6. The molecule has 1 N–H and O–H groups in total. The van der Waals surface area contributed by atoms with E-state index in [1.165, 1.54) is 26.5 Å². The molecule has 0 aliphatic heterocycles. The van der Waals surface area contributed by atoms with Crippen molar-refractivity contribution in [2.45, 2.75) is 13.1 Å². The van der Waals surface area contributed by atoms with Gasteiger partial charge in [0, 0.05) is 17.6 Å². The number of nitrogens with one attached hydrogen (secondary N) is 1. The summed E-state index contributed by atoms with van der Waals surface area (Å²) in [5, 5.41) is 3.40. The van der Waals surface area contributed by atoms with Crippen LogP contribution in [0.25, 0.3) is 10.9 Å². The summed E-state index contributed by atoms with van der Waals surface area (Å²) >= 11 is 0. The smallest absolute Gasteiger partial charge is 0.416 e. The van der Waals surface area contributed by atoms with Gasteiger partial charge < -0.3 is 19.5 Å². The first-order chi connectivity index (χ1) is 14.3. The van der Waals surface area contributed by atoms with Crippen LogP contribution in [0.4, 0.5) is 24.5 Å². The van der Waals surface area contributed by atoms with Gasteiger partial charge in [-0.15, -0.1) is 0 Å². The predicted molar refractivity (Wildman–Crippen MR) is 106 cm³/mol. The van der Waals surface area contributed by atoms with E-state index >= 15 is 0 Å². The van der Waals surface area contributed by atoms with E-state index in [9.17, 15) is 18.0 Å². The largest absolute Gasteiger partial charge is 0.497 e. The van der Waals surface area contributed by atoms with Crippen molar-refractivity contribution in [1.82, 2.24) is 4.98 Å². The van der Waals surface area contributed by atoms with Crippen LogP contribution >= 0.6 is 0 Å². The number of halogens is 3. The number of esters is 1. The molecule has 1 heterocycles. The van der Waals surface area contributed by atoms with Gasteiger partial charge in [0.05, 0.1) is 43.3 Å². The van der Waals surface area contributed by atoms with Crippen LogP contribution < -0.4 is 14.8 Å². The van der Waals surface area contributed by atoms with Gasteiger partial charge >= 0.3 is 12.1 Å². The summed E-state index contributed by atoms with van der Waals surface area (Å²) in [6, 6.07) is 8.13. The average molecular weight is 420 g/mol. The maximum Gasteiger partial charge on any atom is 0.416 e. The predicted octanol–water partition coefficient (Wildman–Crippen LogP) is 5.19. The van der Waals surface area contributed by atoms with Crippen LogP contribution in [0.15, 0.2) is 42.6 Å². The second-order valence-corrected chi connectivity index (χ2v) is 6.19. The lowest BCUT2D eigenvalue weighted by Crippen LogP contribution is -2.10. The first-order valence-electron chi connectivity index (χ1n) is 8.94. The van der Waals surface area contributed by atoms with E-state index in [1.54, 1.807) is 25.1 Å². The van der Waals surface area contributed by atoms with Crippen molar-refractivity contribution in [2.75, 3.05) is 26.1 Å². The van der Waals surface area contributed by atoms with Gasteiger partial charge in [0.25, 0.3) is 0 Å². The number of carbonyl (C=O) groups excluding carboxylic acids is 1. The van der Waals surface area contributed by atoms with Crippen molar-refractivity contribution in [3.8, 4) is 11.5 Å². The first-order valence-corrected chi connectivity index (χ1v) is 8.94. The van der Waals surface area contributed by atoms with E-state index in [1.807, 2.05) is 0 Å². The number of fused-ring (bicyclic) bond motifs is 1. The maximum atomic E-state index is 13.1. The monoisotopic (exact) mass is 420 g/mol. The van der Waals surface area contributed by atoms with Gasteiger partial charge in [0.2, 0.25) is 0 Å². The summed E-state index contributed by atoms with van der Waals surface area (Å²) in [6.07, 6.45) is -3.32. The highest BCUT2D eigenvalue weighted by Gasteiger charge is 2.31. The van der Waals surface area contributed by atoms with Gasteiger partial charge in [-0.2, -0.15) is 13.2 Å². The SMILES string of the molecule is CCOC(=O)c1cnc2cc(C(F)(F)F)ccc2c1Nc1cc(OC)ccc1OC. The lowest BCUT2D eigenvalue weighted by atomic mass is 10.1. The summed E-state index contributed by atoms with van der Waals surface area (Å²) in [7, 11) is 2.97. The average Bonchev–Trinajstić information content (AvgIpc) is 2.72. The molecule has 1 aromatic heterocycles. The van der Waals surface area contributed by atoms with Gasteiger partial charge in [-0.1, -0.05) is 6.07 Å². The summed E-state index contributed by atoms with van der Waals surface area (Å²) < 4.78 is 55.0. The third-order valence-corrected chi connectivity index (χ3v) is 4.36. The first kappa shape index (κ1) is 21.2. The molecule has 6 nitrogen and oxygen atoms in total. The molecule has 0 spiro atoms. The normalized spacial score (nSPS) is 11.3. The number of methoxy groups -OCH3 is 2. The molecular formula is C21H19F3N2O4. The van der Waals surface area contributed by atoms with Crippen molar-refractivity contribution < 1.29 is 32.2 Å². The fourth-order valence-electron chi connectivity index (χ4n) is 2.91. The van der Waals surface area contributed by atoms with E-state index in [0.717, 1.165) is 12.1 Å².